The highest BCUT2D eigenvalue weighted by Crippen LogP contribution is 2.28. The fourth-order valence-corrected chi connectivity index (χ4v) is 2.03. The first kappa shape index (κ1) is 12.7. The molecule has 0 atom stereocenters. The van der Waals surface area contributed by atoms with Crippen molar-refractivity contribution in [3.63, 3.8) is 0 Å². The zero-order chi connectivity index (χ0) is 13.2. The second kappa shape index (κ2) is 4.84. The Morgan fingerprint density at radius 3 is 2.83 bits per heavy atom. The van der Waals surface area contributed by atoms with Gasteiger partial charge in [0.25, 0.3) is 0 Å². The van der Waals surface area contributed by atoms with E-state index in [1.165, 1.54) is 0 Å². The summed E-state index contributed by atoms with van der Waals surface area (Å²) < 4.78 is 11.1. The van der Waals surface area contributed by atoms with Crippen molar-refractivity contribution in [2.45, 2.75) is 25.8 Å². The third kappa shape index (κ3) is 2.40. The van der Waals surface area contributed by atoms with Crippen LogP contribution < -0.4 is 4.74 Å². The number of methoxy groups -OCH3 is 1. The lowest BCUT2D eigenvalue weighted by Crippen LogP contribution is -2.17. The van der Waals surface area contributed by atoms with Gasteiger partial charge in [-0.15, -0.1) is 6.58 Å². The monoisotopic (exact) mass is 245 g/mol. The Morgan fingerprint density at radius 1 is 1.50 bits per heavy atom. The molecule has 0 unspecified atom stereocenters. The van der Waals surface area contributed by atoms with Gasteiger partial charge in [0.15, 0.2) is 0 Å². The topological polar surface area (TPSA) is 30.8 Å². The summed E-state index contributed by atoms with van der Waals surface area (Å²) in [7, 11) is 1.67. The van der Waals surface area contributed by atoms with E-state index < -0.39 is 0 Å². The fourth-order valence-electron chi connectivity index (χ4n) is 2.03. The van der Waals surface area contributed by atoms with E-state index in [9.17, 15) is 0 Å². The lowest BCUT2D eigenvalue weighted by Gasteiger charge is -2.12. The number of benzene rings is 1. The van der Waals surface area contributed by atoms with Gasteiger partial charge in [-0.3, -0.25) is 0 Å². The Morgan fingerprint density at radius 2 is 2.28 bits per heavy atom. The molecule has 1 aliphatic rings. The number of hydrogen-bond acceptors (Lipinski definition) is 3. The smallest absolute Gasteiger partial charge is 0.217 e. The van der Waals surface area contributed by atoms with Crippen molar-refractivity contribution in [2.75, 3.05) is 13.7 Å². The standard InChI is InChI=1S/C15H19NO2/c1-5-7-11-12(8-6-9-13(11)17-4)14-16-15(2,3)10-18-14/h5-6,8-9H,1,7,10H2,2-4H3. The maximum absolute atomic E-state index is 5.70. The number of hydrogen-bond donors (Lipinski definition) is 0. The van der Waals surface area contributed by atoms with Gasteiger partial charge in [0.05, 0.1) is 12.6 Å². The van der Waals surface area contributed by atoms with Gasteiger partial charge in [-0.2, -0.15) is 0 Å². The molecule has 0 amide bonds. The molecule has 0 aromatic heterocycles. The lowest BCUT2D eigenvalue weighted by atomic mass is 10.0. The molecule has 0 radical (unpaired) electrons. The average Bonchev–Trinajstić information content (AvgIpc) is 2.70. The fraction of sp³-hybridized carbons (Fsp3) is 0.400. The molecular formula is C15H19NO2. The summed E-state index contributed by atoms with van der Waals surface area (Å²) in [4.78, 5) is 4.61. The number of rotatable bonds is 4. The van der Waals surface area contributed by atoms with E-state index in [4.69, 9.17) is 9.47 Å². The predicted octanol–water partition coefficient (Wildman–Crippen LogP) is 2.98. The maximum atomic E-state index is 5.70. The minimum absolute atomic E-state index is 0.149. The van der Waals surface area contributed by atoms with Crippen molar-refractivity contribution in [3.05, 3.63) is 42.0 Å². The van der Waals surface area contributed by atoms with Crippen LogP contribution in [0.1, 0.15) is 25.0 Å². The molecule has 1 aliphatic heterocycles. The Bertz CT molecular complexity index is 489. The molecule has 0 N–H and O–H groups in total. The number of ether oxygens (including phenoxy) is 2. The SMILES string of the molecule is C=CCc1c(OC)cccc1C1=NC(C)(C)CO1. The molecule has 3 nitrogen and oxygen atoms in total. The van der Waals surface area contributed by atoms with Crippen LogP contribution in [0.15, 0.2) is 35.8 Å². The van der Waals surface area contributed by atoms with Crippen LogP contribution >= 0.6 is 0 Å². The van der Waals surface area contributed by atoms with Crippen LogP contribution in [0.5, 0.6) is 5.75 Å². The second-order valence-corrected chi connectivity index (χ2v) is 5.00. The predicted molar refractivity (Wildman–Crippen MR) is 73.5 cm³/mol. The van der Waals surface area contributed by atoms with Crippen molar-refractivity contribution in [1.29, 1.82) is 0 Å². The van der Waals surface area contributed by atoms with Crippen LogP contribution in [0, 0.1) is 0 Å². The largest absolute Gasteiger partial charge is 0.496 e. The first-order valence-electron chi connectivity index (χ1n) is 6.07. The van der Waals surface area contributed by atoms with Gasteiger partial charge >= 0.3 is 0 Å². The van der Waals surface area contributed by atoms with Gasteiger partial charge < -0.3 is 9.47 Å². The molecule has 0 spiro atoms. The summed E-state index contributed by atoms with van der Waals surface area (Å²) in [5.41, 5.74) is 1.93. The first-order valence-corrected chi connectivity index (χ1v) is 6.07. The molecule has 0 bridgehead atoms. The van der Waals surface area contributed by atoms with Crippen LogP contribution in [0.2, 0.25) is 0 Å². The van der Waals surface area contributed by atoms with Gasteiger partial charge in [0.2, 0.25) is 5.90 Å². The van der Waals surface area contributed by atoms with Crippen LogP contribution in [-0.2, 0) is 11.2 Å². The van der Waals surface area contributed by atoms with Crippen LogP contribution in [0.4, 0.5) is 0 Å². The van der Waals surface area contributed by atoms with E-state index in [0.717, 1.165) is 23.3 Å². The van der Waals surface area contributed by atoms with E-state index in [-0.39, 0.29) is 5.54 Å². The highest BCUT2D eigenvalue weighted by molar-refractivity contribution is 5.97. The van der Waals surface area contributed by atoms with Crippen molar-refractivity contribution >= 4 is 5.90 Å². The zero-order valence-electron chi connectivity index (χ0n) is 11.2. The lowest BCUT2D eigenvalue weighted by molar-refractivity contribution is 0.279. The van der Waals surface area contributed by atoms with Crippen molar-refractivity contribution in [3.8, 4) is 5.75 Å². The number of aliphatic imine (C=N–C) groups is 1. The molecule has 0 fully saturated rings. The summed E-state index contributed by atoms with van der Waals surface area (Å²) in [6.07, 6.45) is 2.60. The Kier molecular flexibility index (Phi) is 3.41. The van der Waals surface area contributed by atoms with Crippen LogP contribution in [-0.4, -0.2) is 25.2 Å². The highest BCUT2D eigenvalue weighted by atomic mass is 16.5. The summed E-state index contributed by atoms with van der Waals surface area (Å²) >= 11 is 0. The zero-order valence-corrected chi connectivity index (χ0v) is 11.2. The minimum Gasteiger partial charge on any atom is -0.496 e. The molecule has 3 heteroatoms. The van der Waals surface area contributed by atoms with Crippen molar-refractivity contribution < 1.29 is 9.47 Å². The molecule has 2 rings (SSSR count). The number of allylic oxidation sites excluding steroid dienone is 1. The second-order valence-electron chi connectivity index (χ2n) is 5.00. The van der Waals surface area contributed by atoms with Gasteiger partial charge in [0, 0.05) is 11.1 Å². The van der Waals surface area contributed by atoms with Gasteiger partial charge in [0.1, 0.15) is 12.4 Å². The van der Waals surface area contributed by atoms with E-state index >= 15 is 0 Å². The normalized spacial score (nSPS) is 16.9. The summed E-state index contributed by atoms with van der Waals surface area (Å²) in [6.45, 7) is 8.54. The maximum Gasteiger partial charge on any atom is 0.217 e. The van der Waals surface area contributed by atoms with Crippen molar-refractivity contribution in [1.82, 2.24) is 0 Å². The molecule has 18 heavy (non-hydrogen) atoms. The van der Waals surface area contributed by atoms with Gasteiger partial charge in [-0.05, 0) is 32.4 Å². The molecule has 96 valence electrons. The third-order valence-electron chi connectivity index (χ3n) is 2.90. The third-order valence-corrected chi connectivity index (χ3v) is 2.90. The minimum atomic E-state index is -0.149. The highest BCUT2D eigenvalue weighted by Gasteiger charge is 2.28. The average molecular weight is 245 g/mol. The van der Waals surface area contributed by atoms with Gasteiger partial charge in [-0.25, -0.2) is 4.99 Å². The van der Waals surface area contributed by atoms with E-state index in [0.29, 0.717) is 12.5 Å². The quantitative estimate of drug-likeness (QED) is 0.763. The Balaban J connectivity index is 2.47. The Labute approximate surface area is 108 Å². The van der Waals surface area contributed by atoms with Crippen LogP contribution in [0.3, 0.4) is 0 Å². The Hall–Kier alpha value is -1.77. The molecular weight excluding hydrogens is 226 g/mol. The first-order chi connectivity index (χ1) is 8.57. The molecule has 0 saturated carbocycles. The number of nitrogens with zero attached hydrogens (tertiary/aromatic N) is 1. The van der Waals surface area contributed by atoms with Gasteiger partial charge in [-0.1, -0.05) is 12.1 Å². The molecule has 0 saturated heterocycles. The van der Waals surface area contributed by atoms with Crippen molar-refractivity contribution in [2.24, 2.45) is 4.99 Å². The van der Waals surface area contributed by atoms with E-state index in [2.05, 4.69) is 25.4 Å². The summed E-state index contributed by atoms with van der Waals surface area (Å²) in [5.74, 6) is 1.55. The summed E-state index contributed by atoms with van der Waals surface area (Å²) in [5, 5.41) is 0. The molecule has 1 aromatic rings. The molecule has 0 aliphatic carbocycles. The van der Waals surface area contributed by atoms with Crippen LogP contribution in [0.25, 0.3) is 0 Å². The molecule has 1 heterocycles. The van der Waals surface area contributed by atoms with E-state index in [1.54, 1.807) is 7.11 Å². The van der Waals surface area contributed by atoms with E-state index in [1.807, 2.05) is 24.3 Å². The molecule has 1 aromatic carbocycles. The summed E-state index contributed by atoms with van der Waals surface area (Å²) in [6, 6.07) is 5.92.